The van der Waals surface area contributed by atoms with Crippen LogP contribution < -0.4 is 0 Å². The van der Waals surface area contributed by atoms with Crippen LogP contribution >= 0.6 is 22.9 Å². The van der Waals surface area contributed by atoms with Crippen LogP contribution in [0.3, 0.4) is 0 Å². The number of rotatable bonds is 4. The number of alkyl halides is 1. The molecule has 2 aromatic heterocycles. The van der Waals surface area contributed by atoms with Crippen LogP contribution in [0.4, 0.5) is 4.39 Å². The van der Waals surface area contributed by atoms with Gasteiger partial charge in [0.2, 0.25) is 0 Å². The molecule has 0 fully saturated rings. The van der Waals surface area contributed by atoms with Crippen molar-refractivity contribution in [3.63, 3.8) is 0 Å². The van der Waals surface area contributed by atoms with Gasteiger partial charge < -0.3 is 4.57 Å². The van der Waals surface area contributed by atoms with Gasteiger partial charge in [-0.3, -0.25) is 0 Å². The van der Waals surface area contributed by atoms with Crippen molar-refractivity contribution in [3.05, 3.63) is 52.2 Å². The first-order valence-electron chi connectivity index (χ1n) is 6.46. The van der Waals surface area contributed by atoms with E-state index in [0.717, 1.165) is 16.9 Å². The zero-order valence-electron chi connectivity index (χ0n) is 11.0. The van der Waals surface area contributed by atoms with E-state index in [9.17, 15) is 4.39 Å². The number of hydrogen-bond donors (Lipinski definition) is 0. The van der Waals surface area contributed by atoms with Gasteiger partial charge in [-0.05, 0) is 36.6 Å². The van der Waals surface area contributed by atoms with Crippen LogP contribution in [-0.2, 0) is 6.42 Å². The summed E-state index contributed by atoms with van der Waals surface area (Å²) < 4.78 is 15.6. The summed E-state index contributed by atoms with van der Waals surface area (Å²) in [5.41, 5.74) is 1.64. The third-order valence-electron chi connectivity index (χ3n) is 3.38. The molecule has 104 valence electrons. The molecule has 0 amide bonds. The Bertz CT molecular complexity index is 721. The molecule has 2 nitrogen and oxygen atoms in total. The Labute approximate surface area is 125 Å². The molecule has 0 bridgehead atoms. The molecular formula is C15H14ClFN2S. The monoisotopic (exact) mass is 308 g/mol. The van der Waals surface area contributed by atoms with Gasteiger partial charge in [-0.15, -0.1) is 22.9 Å². The summed E-state index contributed by atoms with van der Waals surface area (Å²) in [6.45, 7) is 2.11. The van der Waals surface area contributed by atoms with Crippen LogP contribution in [0.25, 0.3) is 11.0 Å². The second kappa shape index (κ2) is 5.54. The average molecular weight is 309 g/mol. The average Bonchev–Trinajstić information content (AvgIpc) is 3.05. The van der Waals surface area contributed by atoms with Gasteiger partial charge >= 0.3 is 0 Å². The minimum Gasteiger partial charge on any atom is -0.320 e. The number of thiophene rings is 1. The summed E-state index contributed by atoms with van der Waals surface area (Å²) in [4.78, 5) is 5.82. The number of aromatic nitrogens is 2. The van der Waals surface area contributed by atoms with Crippen LogP contribution in [0.15, 0.2) is 35.7 Å². The van der Waals surface area contributed by atoms with Crippen molar-refractivity contribution in [3.8, 4) is 0 Å². The summed E-state index contributed by atoms with van der Waals surface area (Å²) in [5.74, 6) is 1.17. The second-order valence-electron chi connectivity index (χ2n) is 4.66. The molecule has 0 aliphatic rings. The highest BCUT2D eigenvalue weighted by molar-refractivity contribution is 7.10. The molecule has 0 saturated heterocycles. The van der Waals surface area contributed by atoms with Gasteiger partial charge in [0.15, 0.2) is 0 Å². The number of halogens is 2. The van der Waals surface area contributed by atoms with Crippen molar-refractivity contribution in [2.24, 2.45) is 0 Å². The summed E-state index contributed by atoms with van der Waals surface area (Å²) in [6, 6.07) is 8.95. The maximum absolute atomic E-state index is 13.6. The lowest BCUT2D eigenvalue weighted by Gasteiger charge is -2.16. The minimum absolute atomic E-state index is 0.125. The van der Waals surface area contributed by atoms with E-state index in [2.05, 4.69) is 22.5 Å². The first-order valence-corrected chi connectivity index (χ1v) is 7.88. The van der Waals surface area contributed by atoms with Crippen molar-refractivity contribution in [1.29, 1.82) is 0 Å². The Balaban J connectivity index is 2.19. The lowest BCUT2D eigenvalue weighted by molar-refractivity contribution is 0.618. The molecule has 0 N–H and O–H groups in total. The van der Waals surface area contributed by atoms with E-state index in [4.69, 9.17) is 11.6 Å². The van der Waals surface area contributed by atoms with E-state index in [1.807, 2.05) is 11.4 Å². The Hall–Kier alpha value is -1.39. The molecule has 2 heterocycles. The van der Waals surface area contributed by atoms with Gasteiger partial charge in [-0.25, -0.2) is 9.37 Å². The maximum atomic E-state index is 13.6. The molecule has 1 atom stereocenters. The fourth-order valence-corrected chi connectivity index (χ4v) is 3.41. The number of hydrogen-bond acceptors (Lipinski definition) is 2. The van der Waals surface area contributed by atoms with Gasteiger partial charge in [-0.2, -0.15) is 0 Å². The highest BCUT2D eigenvalue weighted by Crippen LogP contribution is 2.29. The van der Waals surface area contributed by atoms with Crippen molar-refractivity contribution in [2.45, 2.75) is 19.4 Å². The first-order chi connectivity index (χ1) is 9.70. The Kier molecular flexibility index (Phi) is 3.76. The molecule has 20 heavy (non-hydrogen) atoms. The Morgan fingerprint density at radius 2 is 2.25 bits per heavy atom. The molecule has 3 rings (SSSR count). The van der Waals surface area contributed by atoms with Gasteiger partial charge in [0.1, 0.15) is 11.6 Å². The summed E-state index contributed by atoms with van der Waals surface area (Å²) in [5, 5.41) is 2.05. The molecule has 0 aliphatic heterocycles. The molecule has 5 heteroatoms. The standard InChI is InChI=1S/C15H14ClFN2S/c1-10(14-3-2-8-20-14)19-13-9-11(17)4-5-12(13)18-15(19)6-7-16/h2-5,8-10H,6-7H2,1H3. The van der Waals surface area contributed by atoms with Crippen molar-refractivity contribution >= 4 is 34.0 Å². The van der Waals surface area contributed by atoms with E-state index in [-0.39, 0.29) is 11.9 Å². The predicted octanol–water partition coefficient (Wildman–Crippen LogP) is 4.63. The number of imidazole rings is 1. The number of aryl methyl sites for hydroxylation is 1. The molecule has 0 spiro atoms. The van der Waals surface area contributed by atoms with Gasteiger partial charge in [0.25, 0.3) is 0 Å². The van der Waals surface area contributed by atoms with E-state index >= 15 is 0 Å². The predicted molar refractivity (Wildman–Crippen MR) is 82.2 cm³/mol. The fourth-order valence-electron chi connectivity index (χ4n) is 2.47. The molecule has 1 aromatic carbocycles. The molecule has 0 aliphatic carbocycles. The third kappa shape index (κ3) is 2.34. The maximum Gasteiger partial charge on any atom is 0.125 e. The van der Waals surface area contributed by atoms with E-state index < -0.39 is 0 Å². The number of fused-ring (bicyclic) bond motifs is 1. The second-order valence-corrected chi connectivity index (χ2v) is 6.02. The summed E-state index contributed by atoms with van der Waals surface area (Å²) in [6.07, 6.45) is 0.674. The fraction of sp³-hybridized carbons (Fsp3) is 0.267. The largest absolute Gasteiger partial charge is 0.320 e. The van der Waals surface area contributed by atoms with E-state index in [1.54, 1.807) is 23.5 Å². The van der Waals surface area contributed by atoms with Crippen LogP contribution in [-0.4, -0.2) is 15.4 Å². The third-order valence-corrected chi connectivity index (χ3v) is 4.62. The van der Waals surface area contributed by atoms with Gasteiger partial charge in [0.05, 0.1) is 17.1 Å². The molecule has 1 unspecified atom stereocenters. The molecule has 3 aromatic rings. The van der Waals surface area contributed by atoms with Crippen LogP contribution in [0.5, 0.6) is 0 Å². The minimum atomic E-state index is -0.241. The van der Waals surface area contributed by atoms with Crippen LogP contribution in [0.2, 0.25) is 0 Å². The van der Waals surface area contributed by atoms with Crippen molar-refractivity contribution in [1.82, 2.24) is 9.55 Å². The topological polar surface area (TPSA) is 17.8 Å². The van der Waals surface area contributed by atoms with Crippen molar-refractivity contribution < 1.29 is 4.39 Å². The number of benzene rings is 1. The number of nitrogens with zero attached hydrogens (tertiary/aromatic N) is 2. The SMILES string of the molecule is CC(c1cccs1)n1c(CCCl)nc2ccc(F)cc21. The highest BCUT2D eigenvalue weighted by Gasteiger charge is 2.18. The molecule has 0 saturated carbocycles. The molecule has 0 radical (unpaired) electrons. The van der Waals surface area contributed by atoms with E-state index in [1.165, 1.54) is 10.9 Å². The quantitative estimate of drug-likeness (QED) is 0.643. The van der Waals surface area contributed by atoms with Gasteiger partial charge in [-0.1, -0.05) is 6.07 Å². The Morgan fingerprint density at radius 3 is 2.95 bits per heavy atom. The van der Waals surface area contributed by atoms with Crippen molar-refractivity contribution in [2.75, 3.05) is 5.88 Å². The smallest absolute Gasteiger partial charge is 0.125 e. The lowest BCUT2D eigenvalue weighted by atomic mass is 10.2. The van der Waals surface area contributed by atoms with Crippen LogP contribution in [0.1, 0.15) is 23.7 Å². The zero-order valence-corrected chi connectivity index (χ0v) is 12.6. The first kappa shape index (κ1) is 13.6. The molecular weight excluding hydrogens is 295 g/mol. The highest BCUT2D eigenvalue weighted by atomic mass is 35.5. The normalized spacial score (nSPS) is 12.9. The van der Waals surface area contributed by atoms with E-state index in [0.29, 0.717) is 12.3 Å². The van der Waals surface area contributed by atoms with Crippen LogP contribution in [0, 0.1) is 5.82 Å². The zero-order chi connectivity index (χ0) is 14.1. The lowest BCUT2D eigenvalue weighted by Crippen LogP contribution is -2.10. The summed E-state index contributed by atoms with van der Waals surface area (Å²) in [7, 11) is 0. The summed E-state index contributed by atoms with van der Waals surface area (Å²) >= 11 is 7.57. The van der Waals surface area contributed by atoms with Gasteiger partial charge in [0, 0.05) is 17.2 Å². The Morgan fingerprint density at radius 1 is 1.40 bits per heavy atom.